The fourth-order valence-electron chi connectivity index (χ4n) is 0.679. The van der Waals surface area contributed by atoms with Gasteiger partial charge in [0.25, 0.3) is 0 Å². The van der Waals surface area contributed by atoms with Gasteiger partial charge in [0.05, 0.1) is 6.10 Å². The molecule has 0 aliphatic heterocycles. The minimum atomic E-state index is -1.74. The summed E-state index contributed by atoms with van der Waals surface area (Å²) in [5.41, 5.74) is 0. The Labute approximate surface area is 64.7 Å². The van der Waals surface area contributed by atoms with Crippen LogP contribution in [0.5, 0.6) is 0 Å². The van der Waals surface area contributed by atoms with Gasteiger partial charge in [-0.05, 0) is 6.92 Å². The van der Waals surface area contributed by atoms with Crippen molar-refractivity contribution in [3.63, 3.8) is 0 Å². The number of carbonyl (C=O) groups is 1. The predicted octanol–water partition coefficient (Wildman–Crippen LogP) is -1.82. The lowest BCUT2D eigenvalue weighted by atomic mass is 10.2. The van der Waals surface area contributed by atoms with Gasteiger partial charge in [-0.15, -0.1) is 0 Å². The van der Waals surface area contributed by atoms with Crippen LogP contribution in [-0.2, 0) is 4.79 Å². The largest absolute Gasteiger partial charge is 0.391 e. The standard InChI is InChI=1S/C6H13NO4/c1-3(8)5(6(10)11)7-4(2)9/h3,5-6,8,10-11H,1-2H3,(H,7,9). The molecule has 0 saturated carbocycles. The van der Waals surface area contributed by atoms with Crippen LogP contribution in [0.1, 0.15) is 13.8 Å². The zero-order chi connectivity index (χ0) is 9.02. The quantitative estimate of drug-likeness (QED) is 0.369. The number of amides is 1. The lowest BCUT2D eigenvalue weighted by Gasteiger charge is -2.21. The second-order valence-corrected chi connectivity index (χ2v) is 2.38. The Hall–Kier alpha value is -0.650. The van der Waals surface area contributed by atoms with E-state index in [9.17, 15) is 4.79 Å². The molecule has 0 bridgehead atoms. The highest BCUT2D eigenvalue weighted by molar-refractivity contribution is 5.73. The Morgan fingerprint density at radius 1 is 1.36 bits per heavy atom. The van der Waals surface area contributed by atoms with E-state index < -0.39 is 24.3 Å². The van der Waals surface area contributed by atoms with Crippen LogP contribution in [0, 0.1) is 0 Å². The number of hydrogen-bond donors (Lipinski definition) is 4. The maximum absolute atomic E-state index is 10.4. The minimum absolute atomic E-state index is 0.413. The monoisotopic (exact) mass is 163 g/mol. The van der Waals surface area contributed by atoms with Crippen molar-refractivity contribution in [1.29, 1.82) is 0 Å². The van der Waals surface area contributed by atoms with Crippen LogP contribution in [0.25, 0.3) is 0 Å². The fourth-order valence-corrected chi connectivity index (χ4v) is 0.679. The van der Waals surface area contributed by atoms with E-state index in [1.165, 1.54) is 13.8 Å². The summed E-state index contributed by atoms with van der Waals surface area (Å²) in [7, 11) is 0. The van der Waals surface area contributed by atoms with Crippen LogP contribution in [-0.4, -0.2) is 39.7 Å². The molecule has 2 atom stereocenters. The third-order valence-corrected chi connectivity index (χ3v) is 1.21. The summed E-state index contributed by atoms with van der Waals surface area (Å²) >= 11 is 0. The van der Waals surface area contributed by atoms with E-state index in [4.69, 9.17) is 15.3 Å². The second-order valence-electron chi connectivity index (χ2n) is 2.38. The summed E-state index contributed by atoms with van der Waals surface area (Å²) < 4.78 is 0. The van der Waals surface area contributed by atoms with E-state index in [1.807, 2.05) is 0 Å². The number of nitrogens with one attached hydrogen (secondary N) is 1. The molecule has 11 heavy (non-hydrogen) atoms. The predicted molar refractivity (Wildman–Crippen MR) is 37.5 cm³/mol. The Morgan fingerprint density at radius 3 is 1.91 bits per heavy atom. The molecule has 0 aliphatic carbocycles. The molecule has 5 heteroatoms. The van der Waals surface area contributed by atoms with Crippen molar-refractivity contribution in [3.05, 3.63) is 0 Å². The topological polar surface area (TPSA) is 89.8 Å². The van der Waals surface area contributed by atoms with Gasteiger partial charge in [-0.3, -0.25) is 4.79 Å². The van der Waals surface area contributed by atoms with Gasteiger partial charge < -0.3 is 20.6 Å². The van der Waals surface area contributed by atoms with Gasteiger partial charge >= 0.3 is 0 Å². The van der Waals surface area contributed by atoms with Crippen LogP contribution in [0.3, 0.4) is 0 Å². The van der Waals surface area contributed by atoms with Crippen LogP contribution in [0.15, 0.2) is 0 Å². The fraction of sp³-hybridized carbons (Fsp3) is 0.833. The Morgan fingerprint density at radius 2 is 1.82 bits per heavy atom. The molecule has 2 unspecified atom stereocenters. The first kappa shape index (κ1) is 10.3. The summed E-state index contributed by atoms with van der Waals surface area (Å²) in [6.45, 7) is 2.60. The maximum Gasteiger partial charge on any atom is 0.217 e. The molecule has 1 amide bonds. The van der Waals surface area contributed by atoms with E-state index in [1.54, 1.807) is 0 Å². The molecule has 0 rings (SSSR count). The van der Waals surface area contributed by atoms with E-state index in [2.05, 4.69) is 5.32 Å². The van der Waals surface area contributed by atoms with E-state index >= 15 is 0 Å². The molecule has 0 aromatic rings. The molecule has 0 spiro atoms. The first-order chi connectivity index (χ1) is 4.95. The molecule has 66 valence electrons. The number of rotatable bonds is 3. The van der Waals surface area contributed by atoms with E-state index in [-0.39, 0.29) is 0 Å². The Kier molecular flexibility index (Phi) is 4.02. The first-order valence-electron chi connectivity index (χ1n) is 3.26. The highest BCUT2D eigenvalue weighted by Crippen LogP contribution is 1.96. The summed E-state index contributed by atoms with van der Waals surface area (Å²) in [6, 6.07) is -1.02. The smallest absolute Gasteiger partial charge is 0.217 e. The molecule has 0 fully saturated rings. The van der Waals surface area contributed by atoms with Crippen molar-refractivity contribution in [2.75, 3.05) is 0 Å². The van der Waals surface area contributed by atoms with Crippen molar-refractivity contribution in [2.45, 2.75) is 32.3 Å². The normalized spacial score (nSPS) is 16.2. The molecule has 0 heterocycles. The molecule has 0 aromatic carbocycles. The lowest BCUT2D eigenvalue weighted by molar-refractivity contribution is -0.129. The number of aliphatic hydroxyl groups excluding tert-OH is 2. The van der Waals surface area contributed by atoms with Gasteiger partial charge in [0, 0.05) is 6.92 Å². The zero-order valence-corrected chi connectivity index (χ0v) is 6.48. The molecular formula is C6H13NO4. The molecule has 0 saturated heterocycles. The highest BCUT2D eigenvalue weighted by Gasteiger charge is 2.22. The number of aliphatic hydroxyl groups is 3. The molecule has 4 N–H and O–H groups in total. The first-order valence-corrected chi connectivity index (χ1v) is 3.26. The molecule has 0 radical (unpaired) electrons. The molecule has 0 aliphatic rings. The Bertz CT molecular complexity index is 127. The van der Waals surface area contributed by atoms with Crippen molar-refractivity contribution < 1.29 is 20.1 Å². The van der Waals surface area contributed by atoms with E-state index in [0.29, 0.717) is 0 Å². The van der Waals surface area contributed by atoms with Crippen molar-refractivity contribution in [3.8, 4) is 0 Å². The number of carbonyl (C=O) groups excluding carboxylic acids is 1. The third kappa shape index (κ3) is 3.92. The van der Waals surface area contributed by atoms with Crippen LogP contribution in [0.2, 0.25) is 0 Å². The third-order valence-electron chi connectivity index (χ3n) is 1.21. The Balaban J connectivity index is 4.00. The van der Waals surface area contributed by atoms with Gasteiger partial charge in [0.2, 0.25) is 5.91 Å². The van der Waals surface area contributed by atoms with Crippen molar-refractivity contribution >= 4 is 5.91 Å². The maximum atomic E-state index is 10.4. The molecule has 0 aromatic heterocycles. The number of hydrogen-bond acceptors (Lipinski definition) is 4. The average Bonchev–Trinajstić information content (AvgIpc) is 1.81. The van der Waals surface area contributed by atoms with Gasteiger partial charge in [-0.25, -0.2) is 0 Å². The minimum Gasteiger partial charge on any atom is -0.391 e. The van der Waals surface area contributed by atoms with Crippen LogP contribution >= 0.6 is 0 Å². The summed E-state index contributed by atoms with van der Waals surface area (Å²) in [5, 5.41) is 28.3. The van der Waals surface area contributed by atoms with Gasteiger partial charge in [-0.1, -0.05) is 0 Å². The summed E-state index contributed by atoms with van der Waals surface area (Å²) in [4.78, 5) is 10.4. The second kappa shape index (κ2) is 4.27. The lowest BCUT2D eigenvalue weighted by Crippen LogP contribution is -2.49. The van der Waals surface area contributed by atoms with Gasteiger partial charge in [0.1, 0.15) is 6.04 Å². The van der Waals surface area contributed by atoms with Crippen molar-refractivity contribution in [1.82, 2.24) is 5.32 Å². The average molecular weight is 163 g/mol. The summed E-state index contributed by atoms with van der Waals surface area (Å²) in [6.07, 6.45) is -2.72. The molecule has 5 nitrogen and oxygen atoms in total. The molecular weight excluding hydrogens is 150 g/mol. The van der Waals surface area contributed by atoms with Gasteiger partial charge in [0.15, 0.2) is 6.29 Å². The highest BCUT2D eigenvalue weighted by atomic mass is 16.5. The van der Waals surface area contributed by atoms with E-state index in [0.717, 1.165) is 0 Å². The summed E-state index contributed by atoms with van der Waals surface area (Å²) in [5.74, 6) is -0.413. The van der Waals surface area contributed by atoms with Gasteiger partial charge in [-0.2, -0.15) is 0 Å². The van der Waals surface area contributed by atoms with Crippen LogP contribution < -0.4 is 5.32 Å². The van der Waals surface area contributed by atoms with Crippen LogP contribution in [0.4, 0.5) is 0 Å². The SMILES string of the molecule is CC(=O)NC(C(C)O)C(O)O. The zero-order valence-electron chi connectivity index (χ0n) is 6.48. The van der Waals surface area contributed by atoms with Crippen molar-refractivity contribution in [2.24, 2.45) is 0 Å².